The average Bonchev–Trinajstić information content (AvgIpc) is 2.68. The molecule has 4 aromatic rings. The van der Waals surface area contributed by atoms with E-state index < -0.39 is 0 Å². The van der Waals surface area contributed by atoms with Gasteiger partial charge in [-0.05, 0) is 49.8 Å². The number of rotatable bonds is 0. The summed E-state index contributed by atoms with van der Waals surface area (Å²) in [5.41, 5.74) is 5.94. The molecule has 5 rings (SSSR count). The molecule has 27 heavy (non-hydrogen) atoms. The molecule has 0 aliphatic heterocycles. The fraction of sp³-hybridized carbons (Fsp3) is 0.125. The van der Waals surface area contributed by atoms with Crippen LogP contribution in [0.3, 0.4) is 0 Å². The number of nitrogens with zero attached hydrogens (tertiary/aromatic N) is 2. The van der Waals surface area contributed by atoms with E-state index in [-0.39, 0.29) is 5.78 Å². The van der Waals surface area contributed by atoms with Crippen LogP contribution >= 0.6 is 0 Å². The number of allylic oxidation sites excluding steroid dienone is 1. The van der Waals surface area contributed by atoms with E-state index in [0.29, 0.717) is 6.42 Å². The molecule has 0 amide bonds. The maximum atomic E-state index is 11.6. The maximum absolute atomic E-state index is 11.6. The SMILES string of the molecule is Cc1cc2ccccc2nc1C.O=C1CC=Cc2nc3ccccc3cc21. The molecule has 2 aromatic carbocycles. The summed E-state index contributed by atoms with van der Waals surface area (Å²) in [6, 6.07) is 20.2. The highest BCUT2D eigenvalue weighted by molar-refractivity contribution is 6.04. The van der Waals surface area contributed by atoms with Gasteiger partial charge in [0.2, 0.25) is 0 Å². The fourth-order valence-corrected chi connectivity index (χ4v) is 3.19. The molecule has 3 heteroatoms. The Balaban J connectivity index is 0.000000137. The number of benzene rings is 2. The molecule has 0 saturated carbocycles. The molecule has 1 aliphatic rings. The quantitative estimate of drug-likeness (QED) is 0.408. The van der Waals surface area contributed by atoms with Crippen LogP contribution < -0.4 is 0 Å². The lowest BCUT2D eigenvalue weighted by Crippen LogP contribution is -2.06. The van der Waals surface area contributed by atoms with Crippen molar-refractivity contribution in [2.45, 2.75) is 20.3 Å². The van der Waals surface area contributed by atoms with Gasteiger partial charge >= 0.3 is 0 Å². The van der Waals surface area contributed by atoms with Gasteiger partial charge in [-0.3, -0.25) is 9.78 Å². The second-order valence-electron chi connectivity index (χ2n) is 6.73. The van der Waals surface area contributed by atoms with Gasteiger partial charge in [0.25, 0.3) is 0 Å². The third-order valence-electron chi connectivity index (χ3n) is 4.80. The monoisotopic (exact) mass is 352 g/mol. The van der Waals surface area contributed by atoms with Crippen LogP contribution in [-0.2, 0) is 0 Å². The zero-order chi connectivity index (χ0) is 18.8. The first-order valence-corrected chi connectivity index (χ1v) is 9.04. The Hall–Kier alpha value is -3.33. The highest BCUT2D eigenvalue weighted by Crippen LogP contribution is 2.22. The van der Waals surface area contributed by atoms with E-state index in [1.807, 2.05) is 67.6 Å². The van der Waals surface area contributed by atoms with E-state index >= 15 is 0 Å². The molecule has 0 atom stereocenters. The van der Waals surface area contributed by atoms with Gasteiger partial charge in [-0.2, -0.15) is 0 Å². The predicted molar refractivity (Wildman–Crippen MR) is 111 cm³/mol. The largest absolute Gasteiger partial charge is 0.294 e. The van der Waals surface area contributed by atoms with Crippen molar-refractivity contribution in [2.24, 2.45) is 0 Å². The normalized spacial score (nSPS) is 12.6. The average molecular weight is 352 g/mol. The summed E-state index contributed by atoms with van der Waals surface area (Å²) in [4.78, 5) is 20.6. The van der Waals surface area contributed by atoms with Crippen molar-refractivity contribution in [1.29, 1.82) is 0 Å². The molecule has 132 valence electrons. The summed E-state index contributed by atoms with van der Waals surface area (Å²) in [5, 5.41) is 2.25. The summed E-state index contributed by atoms with van der Waals surface area (Å²) in [5.74, 6) is 0.158. The summed E-state index contributed by atoms with van der Waals surface area (Å²) in [6.45, 7) is 4.14. The molecule has 0 fully saturated rings. The summed E-state index contributed by atoms with van der Waals surface area (Å²) >= 11 is 0. The van der Waals surface area contributed by atoms with Crippen LogP contribution in [0.4, 0.5) is 0 Å². The van der Waals surface area contributed by atoms with E-state index in [1.54, 1.807) is 0 Å². The molecule has 1 aliphatic carbocycles. The molecule has 0 unspecified atom stereocenters. The number of para-hydroxylation sites is 2. The maximum Gasteiger partial charge on any atom is 0.168 e. The van der Waals surface area contributed by atoms with E-state index in [9.17, 15) is 4.79 Å². The van der Waals surface area contributed by atoms with Crippen molar-refractivity contribution in [3.8, 4) is 0 Å². The number of hydrogen-bond acceptors (Lipinski definition) is 3. The first-order valence-electron chi connectivity index (χ1n) is 9.04. The lowest BCUT2D eigenvalue weighted by molar-refractivity contribution is 0.0994. The van der Waals surface area contributed by atoms with Gasteiger partial charge in [0.15, 0.2) is 5.78 Å². The van der Waals surface area contributed by atoms with E-state index in [0.717, 1.165) is 33.4 Å². The molecule has 2 heterocycles. The molecule has 0 radical (unpaired) electrons. The van der Waals surface area contributed by atoms with Gasteiger partial charge in [0.05, 0.1) is 16.7 Å². The number of aromatic nitrogens is 2. The van der Waals surface area contributed by atoms with Gasteiger partial charge in [-0.15, -0.1) is 0 Å². The lowest BCUT2D eigenvalue weighted by Gasteiger charge is -2.09. The topological polar surface area (TPSA) is 42.9 Å². The lowest BCUT2D eigenvalue weighted by atomic mass is 9.99. The van der Waals surface area contributed by atoms with Gasteiger partial charge < -0.3 is 0 Å². The number of pyridine rings is 2. The molecular formula is C24H20N2O. The van der Waals surface area contributed by atoms with Gasteiger partial charge in [0, 0.05) is 28.5 Å². The van der Waals surface area contributed by atoms with Crippen molar-refractivity contribution < 1.29 is 4.79 Å². The minimum Gasteiger partial charge on any atom is -0.294 e. The number of aryl methyl sites for hydroxylation is 2. The van der Waals surface area contributed by atoms with Gasteiger partial charge in [0.1, 0.15) is 0 Å². The second-order valence-corrected chi connectivity index (χ2v) is 6.73. The minimum atomic E-state index is 0.158. The summed E-state index contributed by atoms with van der Waals surface area (Å²) in [6.07, 6.45) is 4.28. The van der Waals surface area contributed by atoms with Crippen LogP contribution in [0.1, 0.15) is 33.7 Å². The van der Waals surface area contributed by atoms with Crippen molar-refractivity contribution in [2.75, 3.05) is 0 Å². The van der Waals surface area contributed by atoms with Crippen LogP contribution in [0.2, 0.25) is 0 Å². The van der Waals surface area contributed by atoms with Crippen LogP contribution in [-0.4, -0.2) is 15.8 Å². The zero-order valence-corrected chi connectivity index (χ0v) is 15.4. The highest BCUT2D eigenvalue weighted by atomic mass is 16.1. The number of carbonyl (C=O) groups excluding carboxylic acids is 1. The zero-order valence-electron chi connectivity index (χ0n) is 15.4. The number of Topliss-reactive ketones (excluding diaryl/α,β-unsaturated/α-hetero) is 1. The number of carbonyl (C=O) groups is 1. The first-order chi connectivity index (χ1) is 13.1. The van der Waals surface area contributed by atoms with Crippen LogP contribution in [0, 0.1) is 13.8 Å². The van der Waals surface area contributed by atoms with Crippen molar-refractivity contribution in [3.05, 3.63) is 89.3 Å². The Morgan fingerprint density at radius 3 is 2.19 bits per heavy atom. The third-order valence-corrected chi connectivity index (χ3v) is 4.80. The smallest absolute Gasteiger partial charge is 0.168 e. The Morgan fingerprint density at radius 1 is 0.815 bits per heavy atom. The molecule has 0 saturated heterocycles. The fourth-order valence-electron chi connectivity index (χ4n) is 3.19. The molecular weight excluding hydrogens is 332 g/mol. The Bertz CT molecular complexity index is 1150. The highest BCUT2D eigenvalue weighted by Gasteiger charge is 2.14. The molecule has 2 aromatic heterocycles. The van der Waals surface area contributed by atoms with Gasteiger partial charge in [-0.1, -0.05) is 42.5 Å². The van der Waals surface area contributed by atoms with Crippen LogP contribution in [0.15, 0.2) is 66.7 Å². The second kappa shape index (κ2) is 7.12. The first kappa shape index (κ1) is 17.1. The summed E-state index contributed by atoms with van der Waals surface area (Å²) < 4.78 is 0. The number of ketones is 1. The number of fused-ring (bicyclic) bond motifs is 3. The predicted octanol–water partition coefficient (Wildman–Crippen LogP) is 5.69. The molecule has 3 nitrogen and oxygen atoms in total. The van der Waals surface area contributed by atoms with Crippen molar-refractivity contribution >= 4 is 33.7 Å². The number of hydrogen-bond donors (Lipinski definition) is 0. The Labute approximate surface area is 158 Å². The van der Waals surface area contributed by atoms with E-state index in [4.69, 9.17) is 0 Å². The van der Waals surface area contributed by atoms with Gasteiger partial charge in [-0.25, -0.2) is 4.98 Å². The van der Waals surface area contributed by atoms with Crippen LogP contribution in [0.25, 0.3) is 27.9 Å². The van der Waals surface area contributed by atoms with Crippen LogP contribution in [0.5, 0.6) is 0 Å². The molecule has 0 N–H and O–H groups in total. The van der Waals surface area contributed by atoms with E-state index in [2.05, 4.69) is 29.0 Å². The Kier molecular flexibility index (Phi) is 4.51. The summed E-state index contributed by atoms with van der Waals surface area (Å²) in [7, 11) is 0. The van der Waals surface area contributed by atoms with E-state index in [1.165, 1.54) is 10.9 Å². The van der Waals surface area contributed by atoms with Crippen molar-refractivity contribution in [1.82, 2.24) is 9.97 Å². The Morgan fingerprint density at radius 2 is 1.44 bits per heavy atom. The standard InChI is InChI=1S/C13H9NO.C11H11N/c15-13-7-3-6-12-10(13)8-9-4-1-2-5-11(9)14-12;1-8-7-10-5-3-4-6-11(10)12-9(8)2/h1-6,8H,7H2;3-7H,1-2H3. The molecule has 0 bridgehead atoms. The minimum absolute atomic E-state index is 0.158. The molecule has 0 spiro atoms. The van der Waals surface area contributed by atoms with Crippen molar-refractivity contribution in [3.63, 3.8) is 0 Å². The third kappa shape index (κ3) is 3.49.